The molecule has 1 heterocycles. The van der Waals surface area contributed by atoms with Crippen molar-refractivity contribution in [3.8, 4) is 6.07 Å². The average molecular weight is 235 g/mol. The lowest BCUT2D eigenvalue weighted by Crippen LogP contribution is -2.43. The first-order valence-electron chi connectivity index (χ1n) is 7.13. The van der Waals surface area contributed by atoms with Crippen molar-refractivity contribution >= 4 is 0 Å². The Bertz CT molecular complexity index is 274. The van der Waals surface area contributed by atoms with Gasteiger partial charge in [-0.1, -0.05) is 6.42 Å². The molecule has 96 valence electrons. The zero-order valence-electron chi connectivity index (χ0n) is 11.0. The number of nitrogens with one attached hydrogen (secondary N) is 1. The van der Waals surface area contributed by atoms with Gasteiger partial charge in [0.15, 0.2) is 0 Å². The van der Waals surface area contributed by atoms with E-state index in [4.69, 9.17) is 0 Å². The van der Waals surface area contributed by atoms with Gasteiger partial charge in [-0.2, -0.15) is 5.26 Å². The molecule has 0 bridgehead atoms. The lowest BCUT2D eigenvalue weighted by Gasteiger charge is -2.28. The topological polar surface area (TPSA) is 39.1 Å². The third-order valence-corrected chi connectivity index (χ3v) is 3.95. The van der Waals surface area contributed by atoms with E-state index in [0.29, 0.717) is 6.04 Å². The summed E-state index contributed by atoms with van der Waals surface area (Å²) in [5.74, 6) is 0. The lowest BCUT2D eigenvalue weighted by molar-refractivity contribution is 0.218. The summed E-state index contributed by atoms with van der Waals surface area (Å²) >= 11 is 0. The van der Waals surface area contributed by atoms with E-state index in [1.807, 2.05) is 0 Å². The van der Waals surface area contributed by atoms with Gasteiger partial charge in [-0.05, 0) is 65.1 Å². The lowest BCUT2D eigenvalue weighted by atomic mass is 9.97. The first-order valence-corrected chi connectivity index (χ1v) is 7.13. The third kappa shape index (κ3) is 4.29. The molecule has 1 N–H and O–H groups in total. The molecule has 1 aliphatic heterocycles. The summed E-state index contributed by atoms with van der Waals surface area (Å²) in [5.41, 5.74) is -0.295. The Hall–Kier alpha value is -0.590. The highest BCUT2D eigenvalue weighted by molar-refractivity contribution is 5.07. The summed E-state index contributed by atoms with van der Waals surface area (Å²) in [4.78, 5) is 2.55. The molecule has 0 amide bonds. The standard InChI is InChI=1S/C14H25N3/c1-14(12-15,16-13-6-7-13)8-5-11-17-9-3-2-4-10-17/h13,16H,2-11H2,1H3. The third-order valence-electron chi connectivity index (χ3n) is 3.95. The molecular formula is C14H25N3. The van der Waals surface area contributed by atoms with Crippen LogP contribution in [-0.4, -0.2) is 36.1 Å². The number of piperidine rings is 1. The highest BCUT2D eigenvalue weighted by Crippen LogP contribution is 2.24. The van der Waals surface area contributed by atoms with E-state index in [1.54, 1.807) is 0 Å². The first kappa shape index (κ1) is 12.9. The summed E-state index contributed by atoms with van der Waals surface area (Å²) in [6.07, 6.45) is 8.74. The Labute approximate surface area is 105 Å². The molecule has 1 unspecified atom stereocenters. The molecule has 0 aromatic carbocycles. The fraction of sp³-hybridized carbons (Fsp3) is 0.929. The van der Waals surface area contributed by atoms with Crippen LogP contribution in [0.15, 0.2) is 0 Å². The van der Waals surface area contributed by atoms with Crippen LogP contribution in [0.25, 0.3) is 0 Å². The van der Waals surface area contributed by atoms with Gasteiger partial charge >= 0.3 is 0 Å². The molecule has 1 saturated heterocycles. The maximum Gasteiger partial charge on any atom is 0.104 e. The number of nitrogens with zero attached hydrogens (tertiary/aromatic N) is 2. The van der Waals surface area contributed by atoms with Gasteiger partial charge in [0.1, 0.15) is 5.54 Å². The van der Waals surface area contributed by atoms with Crippen LogP contribution in [0.4, 0.5) is 0 Å². The average Bonchev–Trinajstić information content (AvgIpc) is 3.14. The Balaban J connectivity index is 1.66. The minimum Gasteiger partial charge on any atom is -0.303 e. The van der Waals surface area contributed by atoms with E-state index < -0.39 is 0 Å². The van der Waals surface area contributed by atoms with Crippen molar-refractivity contribution < 1.29 is 0 Å². The highest BCUT2D eigenvalue weighted by atomic mass is 15.1. The second-order valence-corrected chi connectivity index (χ2v) is 5.87. The van der Waals surface area contributed by atoms with E-state index in [1.165, 1.54) is 51.7 Å². The van der Waals surface area contributed by atoms with E-state index in [-0.39, 0.29) is 5.54 Å². The largest absolute Gasteiger partial charge is 0.303 e. The molecule has 0 aromatic heterocycles. The molecule has 17 heavy (non-hydrogen) atoms. The van der Waals surface area contributed by atoms with Crippen LogP contribution in [0.3, 0.4) is 0 Å². The molecule has 2 aliphatic rings. The molecule has 3 nitrogen and oxygen atoms in total. The van der Waals surface area contributed by atoms with E-state index in [2.05, 4.69) is 23.2 Å². The van der Waals surface area contributed by atoms with Crippen LogP contribution < -0.4 is 5.32 Å². The number of rotatable bonds is 6. The van der Waals surface area contributed by atoms with Crippen LogP contribution in [0.2, 0.25) is 0 Å². The van der Waals surface area contributed by atoms with Gasteiger partial charge in [0, 0.05) is 6.04 Å². The molecule has 2 rings (SSSR count). The van der Waals surface area contributed by atoms with Crippen molar-refractivity contribution in [2.45, 2.75) is 63.5 Å². The van der Waals surface area contributed by atoms with Crippen LogP contribution >= 0.6 is 0 Å². The fourth-order valence-corrected chi connectivity index (χ4v) is 2.68. The van der Waals surface area contributed by atoms with Crippen LogP contribution in [-0.2, 0) is 0 Å². The molecule has 3 heteroatoms. The van der Waals surface area contributed by atoms with E-state index in [9.17, 15) is 5.26 Å². The van der Waals surface area contributed by atoms with Crippen molar-refractivity contribution in [3.05, 3.63) is 0 Å². The van der Waals surface area contributed by atoms with Gasteiger partial charge < -0.3 is 4.90 Å². The Morgan fingerprint density at radius 1 is 1.29 bits per heavy atom. The van der Waals surface area contributed by atoms with Crippen molar-refractivity contribution in [2.24, 2.45) is 0 Å². The number of likely N-dealkylation sites (tertiary alicyclic amines) is 1. The zero-order valence-corrected chi connectivity index (χ0v) is 11.0. The van der Waals surface area contributed by atoms with E-state index in [0.717, 1.165) is 12.8 Å². The molecule has 1 aliphatic carbocycles. The first-order chi connectivity index (χ1) is 8.22. The Kier molecular flexibility index (Phi) is 4.42. The molecule has 0 aromatic rings. The van der Waals surface area contributed by atoms with E-state index >= 15 is 0 Å². The SMILES string of the molecule is CC(C#N)(CCCN1CCCCC1)NC1CC1. The van der Waals surface area contributed by atoms with Gasteiger partial charge in [0.05, 0.1) is 6.07 Å². The van der Waals surface area contributed by atoms with Crippen molar-refractivity contribution in [1.29, 1.82) is 5.26 Å². The second kappa shape index (κ2) is 5.84. The minimum atomic E-state index is -0.295. The molecule has 2 fully saturated rings. The quantitative estimate of drug-likeness (QED) is 0.767. The van der Waals surface area contributed by atoms with Gasteiger partial charge in [-0.25, -0.2) is 0 Å². The zero-order chi connectivity index (χ0) is 12.1. The normalized spacial score (nSPS) is 25.2. The smallest absolute Gasteiger partial charge is 0.104 e. The predicted molar refractivity (Wildman–Crippen MR) is 69.7 cm³/mol. The number of nitriles is 1. The summed E-state index contributed by atoms with van der Waals surface area (Å²) in [6.45, 7) is 5.75. The summed E-state index contributed by atoms with van der Waals surface area (Å²) in [7, 11) is 0. The van der Waals surface area contributed by atoms with Crippen molar-refractivity contribution in [2.75, 3.05) is 19.6 Å². The van der Waals surface area contributed by atoms with Crippen LogP contribution in [0, 0.1) is 11.3 Å². The molecule has 1 atom stereocenters. The molecule has 0 radical (unpaired) electrons. The predicted octanol–water partition coefficient (Wildman–Crippen LogP) is 2.29. The summed E-state index contributed by atoms with van der Waals surface area (Å²) in [5, 5.41) is 12.7. The van der Waals surface area contributed by atoms with Crippen LogP contribution in [0.5, 0.6) is 0 Å². The Morgan fingerprint density at radius 2 is 2.00 bits per heavy atom. The van der Waals surface area contributed by atoms with Gasteiger partial charge in [0.2, 0.25) is 0 Å². The fourth-order valence-electron chi connectivity index (χ4n) is 2.68. The monoisotopic (exact) mass is 235 g/mol. The minimum absolute atomic E-state index is 0.295. The van der Waals surface area contributed by atoms with Crippen LogP contribution in [0.1, 0.15) is 51.9 Å². The summed E-state index contributed by atoms with van der Waals surface area (Å²) < 4.78 is 0. The van der Waals surface area contributed by atoms with Gasteiger partial charge in [-0.15, -0.1) is 0 Å². The molecular weight excluding hydrogens is 210 g/mol. The summed E-state index contributed by atoms with van der Waals surface area (Å²) in [6, 6.07) is 3.08. The Morgan fingerprint density at radius 3 is 2.59 bits per heavy atom. The number of hydrogen-bond donors (Lipinski definition) is 1. The maximum atomic E-state index is 9.27. The van der Waals surface area contributed by atoms with Gasteiger partial charge in [0.25, 0.3) is 0 Å². The maximum absolute atomic E-state index is 9.27. The van der Waals surface area contributed by atoms with Crippen molar-refractivity contribution in [3.63, 3.8) is 0 Å². The number of hydrogen-bond acceptors (Lipinski definition) is 3. The molecule has 0 spiro atoms. The highest BCUT2D eigenvalue weighted by Gasteiger charge is 2.32. The van der Waals surface area contributed by atoms with Crippen molar-refractivity contribution in [1.82, 2.24) is 10.2 Å². The van der Waals surface area contributed by atoms with Gasteiger partial charge in [-0.3, -0.25) is 5.32 Å². The second-order valence-electron chi connectivity index (χ2n) is 5.87. The molecule has 1 saturated carbocycles.